The van der Waals surface area contributed by atoms with Gasteiger partial charge >= 0.3 is 0 Å². The third-order valence-corrected chi connectivity index (χ3v) is 6.60. The van der Waals surface area contributed by atoms with Gasteiger partial charge in [0.25, 0.3) is 15.9 Å². The lowest BCUT2D eigenvalue weighted by atomic mass is 10.2. The molecule has 1 heterocycles. The topological polar surface area (TPSA) is 105 Å². The minimum atomic E-state index is -4.11. The maximum absolute atomic E-state index is 13.6. The van der Waals surface area contributed by atoms with Crippen molar-refractivity contribution in [1.29, 1.82) is 0 Å². The third kappa shape index (κ3) is 5.09. The van der Waals surface area contributed by atoms with Crippen molar-refractivity contribution < 1.29 is 22.7 Å². The Morgan fingerprint density at radius 2 is 1.38 bits per heavy atom. The summed E-state index contributed by atoms with van der Waals surface area (Å²) in [7, 11) is 2.13. The first-order valence-corrected chi connectivity index (χ1v) is 11.2. The van der Waals surface area contributed by atoms with Crippen LogP contribution < -0.4 is 9.47 Å². The Balaban J connectivity index is 2.00. The number of carbonyl (C=O) groups is 1. The van der Waals surface area contributed by atoms with Gasteiger partial charge in [-0.1, -0.05) is 24.3 Å². The van der Waals surface area contributed by atoms with Gasteiger partial charge < -0.3 is 14.4 Å². The van der Waals surface area contributed by atoms with Gasteiger partial charge in [-0.3, -0.25) is 9.89 Å². The van der Waals surface area contributed by atoms with Gasteiger partial charge in [0.2, 0.25) is 5.03 Å². The average Bonchev–Trinajstić information content (AvgIpc) is 3.30. The molecule has 9 nitrogen and oxygen atoms in total. The molecule has 0 bridgehead atoms. The molecule has 1 amide bonds. The van der Waals surface area contributed by atoms with E-state index in [0.717, 1.165) is 11.1 Å². The molecule has 0 radical (unpaired) electrons. The van der Waals surface area contributed by atoms with Gasteiger partial charge in [0, 0.05) is 33.4 Å². The van der Waals surface area contributed by atoms with Crippen LogP contribution in [0.25, 0.3) is 0 Å². The van der Waals surface area contributed by atoms with Crippen LogP contribution in [0, 0.1) is 0 Å². The summed E-state index contributed by atoms with van der Waals surface area (Å²) in [6.45, 7) is 0.168. The van der Waals surface area contributed by atoms with Crippen molar-refractivity contribution in [3.63, 3.8) is 0 Å². The first-order valence-electron chi connectivity index (χ1n) is 9.77. The number of nitrogens with one attached hydrogen (secondary N) is 1. The summed E-state index contributed by atoms with van der Waals surface area (Å²) in [4.78, 5) is 13.8. The Labute approximate surface area is 187 Å². The number of aromatic amines is 1. The standard InChI is InChI=1S/C22H26N4O5S/c1-25(2)22(27)20-13-23-24-21(20)32(28,29)26(14-16-5-9-18(30-3)10-6-16)15-17-7-11-19(31-4)12-8-17/h5-13H,14-15H2,1-4H3,(H,23,24). The van der Waals surface area contributed by atoms with Gasteiger partial charge in [0.1, 0.15) is 11.5 Å². The monoisotopic (exact) mass is 458 g/mol. The van der Waals surface area contributed by atoms with Crippen molar-refractivity contribution >= 4 is 15.9 Å². The molecular weight excluding hydrogens is 432 g/mol. The lowest BCUT2D eigenvalue weighted by Crippen LogP contribution is -2.32. The highest BCUT2D eigenvalue weighted by molar-refractivity contribution is 7.89. The van der Waals surface area contributed by atoms with Crippen molar-refractivity contribution in [2.24, 2.45) is 0 Å². The van der Waals surface area contributed by atoms with E-state index in [1.807, 2.05) is 0 Å². The van der Waals surface area contributed by atoms with Crippen molar-refractivity contribution in [1.82, 2.24) is 19.4 Å². The number of sulfonamides is 1. The van der Waals surface area contributed by atoms with Crippen LogP contribution in [0.5, 0.6) is 11.5 Å². The Bertz CT molecular complexity index is 1110. The summed E-state index contributed by atoms with van der Waals surface area (Å²) in [5, 5.41) is 6.12. The van der Waals surface area contributed by atoms with Crippen molar-refractivity contribution in [3.05, 3.63) is 71.4 Å². The first-order chi connectivity index (χ1) is 15.3. The molecule has 1 N–H and O–H groups in total. The third-order valence-electron chi connectivity index (χ3n) is 4.86. The molecule has 0 aliphatic heterocycles. The van der Waals surface area contributed by atoms with E-state index in [2.05, 4.69) is 10.2 Å². The van der Waals surface area contributed by atoms with Crippen LogP contribution in [0.4, 0.5) is 0 Å². The molecule has 0 atom stereocenters. The second-order valence-electron chi connectivity index (χ2n) is 7.27. The zero-order chi connectivity index (χ0) is 23.3. The predicted octanol–water partition coefficient (Wildman–Crippen LogP) is 2.52. The molecule has 0 aliphatic rings. The molecule has 3 rings (SSSR count). The van der Waals surface area contributed by atoms with Gasteiger partial charge in [-0.15, -0.1) is 0 Å². The SMILES string of the molecule is COc1ccc(CN(Cc2ccc(OC)cc2)S(=O)(=O)c2n[nH]cc2C(=O)N(C)C)cc1. The summed E-state index contributed by atoms with van der Waals surface area (Å²) >= 11 is 0. The second-order valence-corrected chi connectivity index (χ2v) is 9.13. The highest BCUT2D eigenvalue weighted by Gasteiger charge is 2.32. The Morgan fingerprint density at radius 1 is 0.906 bits per heavy atom. The van der Waals surface area contributed by atoms with Gasteiger partial charge in [-0.2, -0.15) is 9.40 Å². The van der Waals surface area contributed by atoms with Crippen LogP contribution in [0.2, 0.25) is 0 Å². The number of nitrogens with zero attached hydrogens (tertiary/aromatic N) is 3. The van der Waals surface area contributed by atoms with Gasteiger partial charge in [0.05, 0.1) is 19.8 Å². The van der Waals surface area contributed by atoms with E-state index in [1.54, 1.807) is 76.8 Å². The molecule has 32 heavy (non-hydrogen) atoms. The Hall–Kier alpha value is -3.37. The van der Waals surface area contributed by atoms with Crippen molar-refractivity contribution in [2.45, 2.75) is 18.1 Å². The number of hydrogen-bond acceptors (Lipinski definition) is 6. The fourth-order valence-electron chi connectivity index (χ4n) is 3.09. The number of methoxy groups -OCH3 is 2. The Morgan fingerprint density at radius 3 is 1.78 bits per heavy atom. The average molecular weight is 459 g/mol. The highest BCUT2D eigenvalue weighted by Crippen LogP contribution is 2.24. The molecule has 170 valence electrons. The van der Waals surface area contributed by atoms with Crippen LogP contribution in [-0.2, 0) is 23.1 Å². The quantitative estimate of drug-likeness (QED) is 0.528. The molecule has 3 aromatic rings. The zero-order valence-electron chi connectivity index (χ0n) is 18.4. The fourth-order valence-corrected chi connectivity index (χ4v) is 4.56. The number of ether oxygens (including phenoxy) is 2. The normalized spacial score (nSPS) is 11.4. The number of benzene rings is 2. The van der Waals surface area contributed by atoms with Gasteiger partial charge in [0.15, 0.2) is 0 Å². The number of rotatable bonds is 9. The molecule has 1 aromatic heterocycles. The number of amides is 1. The fraction of sp³-hybridized carbons (Fsp3) is 0.273. The molecule has 0 saturated carbocycles. The first kappa shape index (κ1) is 23.3. The maximum Gasteiger partial charge on any atom is 0.263 e. The molecular formula is C22H26N4O5S. The van der Waals surface area contributed by atoms with Crippen LogP contribution in [0.1, 0.15) is 21.5 Å². The lowest BCUT2D eigenvalue weighted by Gasteiger charge is -2.22. The number of hydrogen-bond donors (Lipinski definition) is 1. The Kier molecular flexibility index (Phi) is 7.16. The molecule has 0 spiro atoms. The number of aromatic nitrogens is 2. The second kappa shape index (κ2) is 9.84. The summed E-state index contributed by atoms with van der Waals surface area (Å²) in [5.41, 5.74) is 1.52. The number of H-pyrrole nitrogens is 1. The molecule has 2 aromatic carbocycles. The van der Waals surface area contributed by atoms with Gasteiger partial charge in [-0.25, -0.2) is 8.42 Å². The van der Waals surface area contributed by atoms with E-state index in [1.165, 1.54) is 15.4 Å². The minimum Gasteiger partial charge on any atom is -0.497 e. The van der Waals surface area contributed by atoms with Crippen LogP contribution in [-0.4, -0.2) is 62.0 Å². The van der Waals surface area contributed by atoms with E-state index in [0.29, 0.717) is 11.5 Å². The van der Waals surface area contributed by atoms with E-state index >= 15 is 0 Å². The van der Waals surface area contributed by atoms with Gasteiger partial charge in [-0.05, 0) is 35.4 Å². The predicted molar refractivity (Wildman–Crippen MR) is 119 cm³/mol. The molecule has 0 fully saturated rings. The van der Waals surface area contributed by atoms with E-state index in [9.17, 15) is 13.2 Å². The highest BCUT2D eigenvalue weighted by atomic mass is 32.2. The zero-order valence-corrected chi connectivity index (χ0v) is 19.2. The van der Waals surface area contributed by atoms with Crippen LogP contribution in [0.3, 0.4) is 0 Å². The summed E-state index contributed by atoms with van der Waals surface area (Å²) < 4.78 is 38.9. The number of carbonyl (C=O) groups excluding carboxylic acids is 1. The van der Waals surface area contributed by atoms with Crippen LogP contribution in [0.15, 0.2) is 59.8 Å². The van der Waals surface area contributed by atoms with Crippen molar-refractivity contribution in [2.75, 3.05) is 28.3 Å². The van der Waals surface area contributed by atoms with Crippen molar-refractivity contribution in [3.8, 4) is 11.5 Å². The summed E-state index contributed by atoms with van der Waals surface area (Å²) in [6.07, 6.45) is 1.30. The molecule has 0 aliphatic carbocycles. The maximum atomic E-state index is 13.6. The largest absolute Gasteiger partial charge is 0.497 e. The smallest absolute Gasteiger partial charge is 0.263 e. The lowest BCUT2D eigenvalue weighted by molar-refractivity contribution is 0.0823. The van der Waals surface area contributed by atoms with E-state index < -0.39 is 15.9 Å². The summed E-state index contributed by atoms with van der Waals surface area (Å²) in [6, 6.07) is 14.3. The minimum absolute atomic E-state index is 0.00976. The molecule has 0 unspecified atom stereocenters. The summed E-state index contributed by atoms with van der Waals surface area (Å²) in [5.74, 6) is 0.889. The molecule has 0 saturated heterocycles. The van der Waals surface area contributed by atoms with E-state index in [-0.39, 0.29) is 23.7 Å². The van der Waals surface area contributed by atoms with E-state index in [4.69, 9.17) is 9.47 Å². The van der Waals surface area contributed by atoms with Crippen LogP contribution >= 0.6 is 0 Å². The molecule has 10 heteroatoms.